The molecule has 112 valence electrons. The van der Waals surface area contributed by atoms with E-state index in [2.05, 4.69) is 11.1 Å². The average molecular weight is 306 g/mol. The van der Waals surface area contributed by atoms with Crippen molar-refractivity contribution in [3.8, 4) is 0 Å². The zero-order chi connectivity index (χ0) is 14.8. The monoisotopic (exact) mass is 306 g/mol. The van der Waals surface area contributed by atoms with Crippen LogP contribution in [0.1, 0.15) is 31.7 Å². The van der Waals surface area contributed by atoms with Gasteiger partial charge in [-0.1, -0.05) is 17.4 Å². The molecule has 1 aliphatic carbocycles. The van der Waals surface area contributed by atoms with Gasteiger partial charge < -0.3 is 15.2 Å². The minimum atomic E-state index is -0.214. The first-order valence-electron chi connectivity index (χ1n) is 7.04. The molecule has 1 aromatic carbocycles. The average Bonchev–Trinajstić information content (AvgIpc) is 3.00. The lowest BCUT2D eigenvalue weighted by atomic mass is 10.2. The molecule has 0 bridgehead atoms. The molecule has 1 fully saturated rings. The Bertz CT molecular complexity index is 655. The quantitative estimate of drug-likeness (QED) is 0.879. The van der Waals surface area contributed by atoms with Crippen LogP contribution in [0.25, 0.3) is 10.2 Å². The summed E-state index contributed by atoms with van der Waals surface area (Å²) in [6, 6.07) is 6.05. The Balaban J connectivity index is 1.55. The number of carbonyl (C=O) groups is 1. The lowest BCUT2D eigenvalue weighted by Gasteiger charge is -2.13. The maximum absolute atomic E-state index is 10.9. The number of aromatic nitrogens is 1. The van der Waals surface area contributed by atoms with E-state index in [0.29, 0.717) is 11.7 Å². The number of anilines is 1. The minimum absolute atomic E-state index is 0.0104. The van der Waals surface area contributed by atoms with Crippen molar-refractivity contribution >= 4 is 32.7 Å². The first-order valence-corrected chi connectivity index (χ1v) is 7.85. The number of fused-ring (bicyclic) bond motifs is 1. The van der Waals surface area contributed by atoms with E-state index in [-0.39, 0.29) is 18.2 Å². The zero-order valence-corrected chi connectivity index (χ0v) is 12.7. The standard InChI is InChI=1S/C15H18N2O3S/c1-9(18)20-12-4-3-11(7-12)19-8-10-2-5-13-14(6-10)21-15(16)17-13/h2,5-6,11-12H,3-4,7-8H2,1H3,(H2,16,17)/t11-,12-/m0/s1. The van der Waals surface area contributed by atoms with E-state index >= 15 is 0 Å². The van der Waals surface area contributed by atoms with Gasteiger partial charge >= 0.3 is 5.97 Å². The number of hydrogen-bond donors (Lipinski definition) is 1. The highest BCUT2D eigenvalue weighted by Gasteiger charge is 2.27. The molecule has 0 amide bonds. The van der Waals surface area contributed by atoms with E-state index in [1.165, 1.54) is 18.3 Å². The first-order chi connectivity index (χ1) is 10.1. The third kappa shape index (κ3) is 3.51. The molecule has 5 nitrogen and oxygen atoms in total. The second-order valence-corrected chi connectivity index (χ2v) is 6.39. The number of nitrogen functional groups attached to an aromatic ring is 1. The summed E-state index contributed by atoms with van der Waals surface area (Å²) < 4.78 is 12.2. The molecule has 6 heteroatoms. The van der Waals surface area contributed by atoms with E-state index in [1.807, 2.05) is 12.1 Å². The highest BCUT2D eigenvalue weighted by atomic mass is 32.1. The van der Waals surface area contributed by atoms with Crippen molar-refractivity contribution in [2.24, 2.45) is 0 Å². The lowest BCUT2D eigenvalue weighted by molar-refractivity contribution is -0.146. The number of ether oxygens (including phenoxy) is 2. The molecule has 21 heavy (non-hydrogen) atoms. The number of benzene rings is 1. The van der Waals surface area contributed by atoms with Crippen molar-refractivity contribution in [3.05, 3.63) is 23.8 Å². The third-order valence-electron chi connectivity index (χ3n) is 3.62. The Kier molecular flexibility index (Phi) is 4.07. The van der Waals surface area contributed by atoms with Crippen LogP contribution < -0.4 is 5.73 Å². The van der Waals surface area contributed by atoms with Crippen LogP contribution in [-0.2, 0) is 20.9 Å². The summed E-state index contributed by atoms with van der Waals surface area (Å²) >= 11 is 1.49. The molecule has 3 rings (SSSR count). The molecule has 0 spiro atoms. The number of esters is 1. The fourth-order valence-electron chi connectivity index (χ4n) is 2.68. The van der Waals surface area contributed by atoms with Crippen molar-refractivity contribution in [2.45, 2.75) is 45.0 Å². The summed E-state index contributed by atoms with van der Waals surface area (Å²) in [7, 11) is 0. The zero-order valence-electron chi connectivity index (χ0n) is 11.9. The van der Waals surface area contributed by atoms with Crippen LogP contribution in [0.3, 0.4) is 0 Å². The van der Waals surface area contributed by atoms with Gasteiger partial charge in [0.1, 0.15) is 6.10 Å². The molecular weight excluding hydrogens is 288 g/mol. The minimum Gasteiger partial charge on any atom is -0.462 e. The van der Waals surface area contributed by atoms with Crippen molar-refractivity contribution in [3.63, 3.8) is 0 Å². The van der Waals surface area contributed by atoms with Gasteiger partial charge in [-0.25, -0.2) is 4.98 Å². The van der Waals surface area contributed by atoms with Crippen LogP contribution in [0.5, 0.6) is 0 Å². The second kappa shape index (κ2) is 5.99. The molecule has 0 aliphatic heterocycles. The molecule has 1 aliphatic rings. The fraction of sp³-hybridized carbons (Fsp3) is 0.467. The molecule has 0 saturated heterocycles. The van der Waals surface area contributed by atoms with Gasteiger partial charge in [-0.3, -0.25) is 4.79 Å². The fourth-order valence-corrected chi connectivity index (χ4v) is 3.48. The van der Waals surface area contributed by atoms with Crippen molar-refractivity contribution in [1.29, 1.82) is 0 Å². The van der Waals surface area contributed by atoms with Gasteiger partial charge in [0, 0.05) is 13.3 Å². The molecule has 1 heterocycles. The Hall–Kier alpha value is -1.66. The highest BCUT2D eigenvalue weighted by molar-refractivity contribution is 7.22. The Labute approximate surface area is 127 Å². The van der Waals surface area contributed by atoms with Gasteiger partial charge in [-0.15, -0.1) is 0 Å². The number of hydrogen-bond acceptors (Lipinski definition) is 6. The van der Waals surface area contributed by atoms with E-state index in [1.54, 1.807) is 0 Å². The molecule has 2 N–H and O–H groups in total. The van der Waals surface area contributed by atoms with E-state index < -0.39 is 0 Å². The maximum Gasteiger partial charge on any atom is 0.302 e. The van der Waals surface area contributed by atoms with E-state index in [4.69, 9.17) is 15.2 Å². The van der Waals surface area contributed by atoms with Crippen LogP contribution in [0.4, 0.5) is 5.13 Å². The van der Waals surface area contributed by atoms with E-state index in [9.17, 15) is 4.79 Å². The molecule has 1 aromatic heterocycles. The molecule has 1 saturated carbocycles. The van der Waals surface area contributed by atoms with Crippen molar-refractivity contribution < 1.29 is 14.3 Å². The third-order valence-corrected chi connectivity index (χ3v) is 4.47. The summed E-state index contributed by atoms with van der Waals surface area (Å²) in [5.41, 5.74) is 7.74. The molecule has 0 radical (unpaired) electrons. The summed E-state index contributed by atoms with van der Waals surface area (Å²) in [5.74, 6) is -0.214. The van der Waals surface area contributed by atoms with Gasteiger partial charge in [0.2, 0.25) is 0 Å². The highest BCUT2D eigenvalue weighted by Crippen LogP contribution is 2.27. The summed E-state index contributed by atoms with van der Waals surface area (Å²) in [6.45, 7) is 2.01. The normalized spacial score (nSPS) is 21.8. The number of nitrogens with two attached hydrogens (primary N) is 1. The van der Waals surface area contributed by atoms with Crippen LogP contribution in [0.15, 0.2) is 18.2 Å². The Morgan fingerprint density at radius 2 is 2.24 bits per heavy atom. The topological polar surface area (TPSA) is 74.4 Å². The van der Waals surface area contributed by atoms with Gasteiger partial charge in [0.15, 0.2) is 5.13 Å². The van der Waals surface area contributed by atoms with Crippen molar-refractivity contribution in [1.82, 2.24) is 4.98 Å². The van der Waals surface area contributed by atoms with Crippen LogP contribution in [-0.4, -0.2) is 23.2 Å². The van der Waals surface area contributed by atoms with Crippen LogP contribution >= 0.6 is 11.3 Å². The summed E-state index contributed by atoms with van der Waals surface area (Å²) in [4.78, 5) is 15.2. The Morgan fingerprint density at radius 1 is 1.43 bits per heavy atom. The molecule has 0 unspecified atom stereocenters. The predicted molar refractivity (Wildman–Crippen MR) is 82.0 cm³/mol. The van der Waals surface area contributed by atoms with Gasteiger partial charge in [0.25, 0.3) is 0 Å². The molecular formula is C15H18N2O3S. The predicted octanol–water partition coefficient (Wildman–Crippen LogP) is 2.88. The van der Waals surface area contributed by atoms with Gasteiger partial charge in [-0.05, 0) is 30.5 Å². The second-order valence-electron chi connectivity index (χ2n) is 5.33. The number of nitrogens with zero attached hydrogens (tertiary/aromatic N) is 1. The summed E-state index contributed by atoms with van der Waals surface area (Å²) in [6.07, 6.45) is 2.78. The molecule has 2 aromatic rings. The van der Waals surface area contributed by atoms with Crippen LogP contribution in [0.2, 0.25) is 0 Å². The number of carbonyl (C=O) groups excluding carboxylic acids is 1. The Morgan fingerprint density at radius 3 is 3.05 bits per heavy atom. The van der Waals surface area contributed by atoms with Crippen LogP contribution in [0, 0.1) is 0 Å². The molecule has 2 atom stereocenters. The SMILES string of the molecule is CC(=O)O[C@H]1CC[C@H](OCc2ccc3nc(N)sc3c2)C1. The first kappa shape index (κ1) is 14.3. The summed E-state index contributed by atoms with van der Waals surface area (Å²) in [5, 5.41) is 0.586. The van der Waals surface area contributed by atoms with E-state index in [0.717, 1.165) is 35.0 Å². The van der Waals surface area contributed by atoms with Gasteiger partial charge in [0.05, 0.1) is 22.9 Å². The largest absolute Gasteiger partial charge is 0.462 e. The smallest absolute Gasteiger partial charge is 0.302 e. The lowest BCUT2D eigenvalue weighted by Crippen LogP contribution is -2.15. The number of rotatable bonds is 4. The van der Waals surface area contributed by atoms with Crippen molar-refractivity contribution in [2.75, 3.05) is 5.73 Å². The number of thiazole rings is 1. The maximum atomic E-state index is 10.9. The van der Waals surface area contributed by atoms with Gasteiger partial charge in [-0.2, -0.15) is 0 Å².